The molecule has 5 nitrogen and oxygen atoms in total. The van der Waals surface area contributed by atoms with Crippen LogP contribution in [-0.4, -0.2) is 27.9 Å². The monoisotopic (exact) mass is 248 g/mol. The third kappa shape index (κ3) is 3.67. The maximum atomic E-state index is 12.7. The van der Waals surface area contributed by atoms with Crippen LogP contribution in [0, 0.1) is 5.82 Å². The molecule has 0 aromatic heterocycles. The van der Waals surface area contributed by atoms with E-state index in [-0.39, 0.29) is 23.7 Å². The number of nitrogen functional groups attached to an aromatic ring is 1. The average molecular weight is 248 g/mol. The first-order valence-corrected chi connectivity index (χ1v) is 6.14. The molecule has 90 valence electrons. The van der Waals surface area contributed by atoms with Gasteiger partial charge in [-0.3, -0.25) is 4.72 Å². The van der Waals surface area contributed by atoms with Crippen LogP contribution in [0.1, 0.15) is 0 Å². The van der Waals surface area contributed by atoms with Gasteiger partial charge in [-0.15, -0.1) is 0 Å². The highest BCUT2D eigenvalue weighted by molar-refractivity contribution is 7.92. The number of ether oxygens (including phenoxy) is 1. The molecule has 1 aromatic rings. The summed E-state index contributed by atoms with van der Waals surface area (Å²) in [5, 5.41) is 0. The molecule has 0 amide bonds. The Bertz CT molecular complexity index is 462. The average Bonchev–Trinajstić information content (AvgIpc) is 2.19. The molecule has 3 N–H and O–H groups in total. The molecule has 7 heteroatoms. The minimum absolute atomic E-state index is 0.0426. The fourth-order valence-corrected chi connectivity index (χ4v) is 2.05. The van der Waals surface area contributed by atoms with Crippen molar-refractivity contribution in [1.82, 2.24) is 0 Å². The Morgan fingerprint density at radius 2 is 2.19 bits per heavy atom. The van der Waals surface area contributed by atoms with Crippen LogP contribution in [0.3, 0.4) is 0 Å². The van der Waals surface area contributed by atoms with E-state index in [1.807, 2.05) is 0 Å². The summed E-state index contributed by atoms with van der Waals surface area (Å²) in [6.07, 6.45) is 0. The number of sulfonamides is 1. The van der Waals surface area contributed by atoms with E-state index in [0.717, 1.165) is 12.1 Å². The van der Waals surface area contributed by atoms with Gasteiger partial charge in [-0.05, 0) is 18.2 Å². The van der Waals surface area contributed by atoms with Crippen molar-refractivity contribution in [1.29, 1.82) is 0 Å². The Balaban J connectivity index is 2.80. The van der Waals surface area contributed by atoms with Crippen LogP contribution in [0.15, 0.2) is 18.2 Å². The Morgan fingerprint density at radius 3 is 2.75 bits per heavy atom. The number of methoxy groups -OCH3 is 1. The number of nitrogens with one attached hydrogen (secondary N) is 1. The van der Waals surface area contributed by atoms with E-state index < -0.39 is 15.8 Å². The van der Waals surface area contributed by atoms with E-state index in [1.54, 1.807) is 0 Å². The number of halogens is 1. The highest BCUT2D eigenvalue weighted by Gasteiger charge is 2.11. The summed E-state index contributed by atoms with van der Waals surface area (Å²) in [6.45, 7) is 0.0798. The number of benzene rings is 1. The third-order valence-electron chi connectivity index (χ3n) is 1.84. The molecule has 0 saturated carbocycles. The second-order valence-corrected chi connectivity index (χ2v) is 4.99. The van der Waals surface area contributed by atoms with Gasteiger partial charge in [0.1, 0.15) is 5.82 Å². The zero-order chi connectivity index (χ0) is 12.2. The summed E-state index contributed by atoms with van der Waals surface area (Å²) in [7, 11) is -2.11. The van der Waals surface area contributed by atoms with Gasteiger partial charge in [0, 0.05) is 7.11 Å². The van der Waals surface area contributed by atoms with Crippen molar-refractivity contribution < 1.29 is 17.5 Å². The van der Waals surface area contributed by atoms with E-state index in [4.69, 9.17) is 5.73 Å². The van der Waals surface area contributed by atoms with Crippen LogP contribution in [0.5, 0.6) is 0 Å². The minimum Gasteiger partial charge on any atom is -0.397 e. The highest BCUT2D eigenvalue weighted by atomic mass is 32.2. The van der Waals surface area contributed by atoms with Gasteiger partial charge in [0.25, 0.3) is 0 Å². The first kappa shape index (κ1) is 12.7. The van der Waals surface area contributed by atoms with Crippen molar-refractivity contribution in [3.05, 3.63) is 24.0 Å². The first-order valence-electron chi connectivity index (χ1n) is 4.49. The van der Waals surface area contributed by atoms with Gasteiger partial charge in [0.2, 0.25) is 10.0 Å². The summed E-state index contributed by atoms with van der Waals surface area (Å²) in [5.41, 5.74) is 5.67. The molecule has 1 rings (SSSR count). The molecule has 0 aliphatic rings. The van der Waals surface area contributed by atoms with Crippen molar-refractivity contribution in [2.75, 3.05) is 29.9 Å². The molecule has 0 aliphatic heterocycles. The SMILES string of the molecule is COCCS(=O)(=O)Nc1ccc(F)cc1N. The van der Waals surface area contributed by atoms with Gasteiger partial charge in [0.15, 0.2) is 0 Å². The third-order valence-corrected chi connectivity index (χ3v) is 3.07. The van der Waals surface area contributed by atoms with E-state index in [1.165, 1.54) is 13.2 Å². The van der Waals surface area contributed by atoms with Crippen LogP contribution in [0.4, 0.5) is 15.8 Å². The van der Waals surface area contributed by atoms with Crippen LogP contribution < -0.4 is 10.5 Å². The van der Waals surface area contributed by atoms with Gasteiger partial charge in [-0.2, -0.15) is 0 Å². The molecule has 0 spiro atoms. The molecule has 0 atom stereocenters. The zero-order valence-electron chi connectivity index (χ0n) is 8.73. The van der Waals surface area contributed by atoms with Crippen LogP contribution >= 0.6 is 0 Å². The summed E-state index contributed by atoms with van der Waals surface area (Å²) < 4.78 is 42.5. The fourth-order valence-electron chi connectivity index (χ4n) is 1.04. The van der Waals surface area contributed by atoms with Gasteiger partial charge in [0.05, 0.1) is 23.7 Å². The second-order valence-electron chi connectivity index (χ2n) is 3.15. The van der Waals surface area contributed by atoms with E-state index in [2.05, 4.69) is 9.46 Å². The predicted molar refractivity (Wildman–Crippen MR) is 60.1 cm³/mol. The molecule has 16 heavy (non-hydrogen) atoms. The Morgan fingerprint density at radius 1 is 1.50 bits per heavy atom. The second kappa shape index (κ2) is 5.13. The standard InChI is InChI=1S/C9H13FN2O3S/c1-15-4-5-16(13,14)12-9-3-2-7(10)6-8(9)11/h2-3,6,12H,4-5,11H2,1H3. The molecule has 0 radical (unpaired) electrons. The lowest BCUT2D eigenvalue weighted by Crippen LogP contribution is -2.20. The summed E-state index contributed by atoms with van der Waals surface area (Å²) in [4.78, 5) is 0. The van der Waals surface area contributed by atoms with E-state index in [9.17, 15) is 12.8 Å². The molecule has 0 heterocycles. The molecule has 0 saturated heterocycles. The minimum atomic E-state index is -3.51. The quantitative estimate of drug-likeness (QED) is 0.755. The number of hydrogen-bond donors (Lipinski definition) is 2. The number of anilines is 2. The van der Waals surface area contributed by atoms with Crippen LogP contribution in [0.2, 0.25) is 0 Å². The molecule has 0 fully saturated rings. The Labute approximate surface area is 93.5 Å². The van der Waals surface area contributed by atoms with Crippen molar-refractivity contribution in [2.24, 2.45) is 0 Å². The molecular formula is C9H13FN2O3S. The maximum Gasteiger partial charge on any atom is 0.235 e. The maximum absolute atomic E-state index is 12.7. The number of rotatable bonds is 5. The summed E-state index contributed by atoms with van der Waals surface area (Å²) in [6, 6.07) is 3.45. The van der Waals surface area contributed by atoms with Gasteiger partial charge in [-0.1, -0.05) is 0 Å². The van der Waals surface area contributed by atoms with E-state index in [0.29, 0.717) is 0 Å². The topological polar surface area (TPSA) is 81.4 Å². The normalized spacial score (nSPS) is 11.4. The molecule has 0 aliphatic carbocycles. The van der Waals surface area contributed by atoms with Gasteiger partial charge < -0.3 is 10.5 Å². The van der Waals surface area contributed by atoms with Gasteiger partial charge in [-0.25, -0.2) is 12.8 Å². The lowest BCUT2D eigenvalue weighted by molar-refractivity contribution is 0.217. The van der Waals surface area contributed by atoms with Crippen molar-refractivity contribution in [3.8, 4) is 0 Å². The smallest absolute Gasteiger partial charge is 0.235 e. The Hall–Kier alpha value is -1.34. The largest absolute Gasteiger partial charge is 0.397 e. The number of hydrogen-bond acceptors (Lipinski definition) is 4. The number of nitrogens with two attached hydrogens (primary N) is 1. The van der Waals surface area contributed by atoms with Crippen LogP contribution in [0.25, 0.3) is 0 Å². The summed E-state index contributed by atoms with van der Waals surface area (Å²) in [5.74, 6) is -0.697. The Kier molecular flexibility index (Phi) is 4.08. The van der Waals surface area contributed by atoms with Gasteiger partial charge >= 0.3 is 0 Å². The van der Waals surface area contributed by atoms with E-state index >= 15 is 0 Å². The van der Waals surface area contributed by atoms with Crippen molar-refractivity contribution in [3.63, 3.8) is 0 Å². The lowest BCUT2D eigenvalue weighted by atomic mass is 10.3. The summed E-state index contributed by atoms with van der Waals surface area (Å²) >= 11 is 0. The first-order chi connectivity index (χ1) is 7.44. The molecule has 0 unspecified atom stereocenters. The van der Waals surface area contributed by atoms with Crippen molar-refractivity contribution >= 4 is 21.4 Å². The molecule has 0 bridgehead atoms. The van der Waals surface area contributed by atoms with Crippen molar-refractivity contribution in [2.45, 2.75) is 0 Å². The fraction of sp³-hybridized carbons (Fsp3) is 0.333. The predicted octanol–water partition coefficient (Wildman–Crippen LogP) is 0.796. The zero-order valence-corrected chi connectivity index (χ0v) is 9.55. The molecular weight excluding hydrogens is 235 g/mol. The highest BCUT2D eigenvalue weighted by Crippen LogP contribution is 2.20. The lowest BCUT2D eigenvalue weighted by Gasteiger charge is -2.09. The van der Waals surface area contributed by atoms with Crippen LogP contribution in [-0.2, 0) is 14.8 Å². The molecule has 1 aromatic carbocycles.